The highest BCUT2D eigenvalue weighted by Crippen LogP contribution is 2.18. The van der Waals surface area contributed by atoms with E-state index in [0.29, 0.717) is 11.3 Å². The van der Waals surface area contributed by atoms with Gasteiger partial charge in [0.2, 0.25) is 5.91 Å². The molecule has 28 heavy (non-hydrogen) atoms. The number of aryl methyl sites for hydroxylation is 1. The highest BCUT2D eigenvalue weighted by Gasteiger charge is 2.18. The minimum Gasteiger partial charge on any atom is -0.348 e. The maximum Gasteiger partial charge on any atom is 0.240 e. The first-order valence-electron chi connectivity index (χ1n) is 9.27. The van der Waals surface area contributed by atoms with Gasteiger partial charge in [-0.2, -0.15) is 0 Å². The van der Waals surface area contributed by atoms with Crippen LogP contribution in [0.4, 0.5) is 0 Å². The van der Waals surface area contributed by atoms with Crippen LogP contribution < -0.4 is 5.32 Å². The van der Waals surface area contributed by atoms with Crippen LogP contribution in [0.5, 0.6) is 0 Å². The molecule has 0 aliphatic rings. The van der Waals surface area contributed by atoms with Crippen LogP contribution in [0, 0.1) is 0 Å². The predicted molar refractivity (Wildman–Crippen MR) is 111 cm³/mol. The molecule has 1 unspecified atom stereocenters. The third kappa shape index (κ3) is 4.78. The summed E-state index contributed by atoms with van der Waals surface area (Å²) in [6.45, 7) is 4.05. The van der Waals surface area contributed by atoms with Gasteiger partial charge in [0.15, 0.2) is 9.84 Å². The zero-order chi connectivity index (χ0) is 20.3. The number of amides is 1. The fourth-order valence-corrected chi connectivity index (χ4v) is 3.89. The Balaban J connectivity index is 1.80. The van der Waals surface area contributed by atoms with Crippen molar-refractivity contribution in [1.29, 1.82) is 0 Å². The lowest BCUT2D eigenvalue weighted by molar-refractivity contribution is -0.122. The number of benzene rings is 2. The SMILES string of the molecule is CCc1ccc(C(C)NC(=O)Cn2c(CS(C)(=O)=O)nc3ccccc32)cc1. The Kier molecular flexibility index (Phi) is 5.84. The number of aromatic nitrogens is 2. The monoisotopic (exact) mass is 399 g/mol. The van der Waals surface area contributed by atoms with Crippen LogP contribution in [0.2, 0.25) is 0 Å². The minimum absolute atomic E-state index is 0.0166. The van der Waals surface area contributed by atoms with E-state index >= 15 is 0 Å². The number of hydrogen-bond acceptors (Lipinski definition) is 4. The van der Waals surface area contributed by atoms with Gasteiger partial charge in [0.25, 0.3) is 0 Å². The van der Waals surface area contributed by atoms with E-state index in [1.165, 1.54) is 11.8 Å². The highest BCUT2D eigenvalue weighted by atomic mass is 32.2. The van der Waals surface area contributed by atoms with E-state index in [2.05, 4.69) is 29.4 Å². The number of para-hydroxylation sites is 2. The number of carbonyl (C=O) groups is 1. The predicted octanol–water partition coefficient (Wildman–Crippen LogP) is 3.02. The Hall–Kier alpha value is -2.67. The summed E-state index contributed by atoms with van der Waals surface area (Å²) in [5, 5.41) is 2.99. The van der Waals surface area contributed by atoms with Crippen LogP contribution >= 0.6 is 0 Å². The zero-order valence-electron chi connectivity index (χ0n) is 16.3. The van der Waals surface area contributed by atoms with Gasteiger partial charge in [-0.15, -0.1) is 0 Å². The molecule has 0 aliphatic heterocycles. The van der Waals surface area contributed by atoms with Crippen LogP contribution in [-0.2, 0) is 33.4 Å². The molecule has 0 spiro atoms. The minimum atomic E-state index is -3.27. The molecule has 0 bridgehead atoms. The maximum absolute atomic E-state index is 12.7. The first-order valence-corrected chi connectivity index (χ1v) is 11.3. The smallest absolute Gasteiger partial charge is 0.240 e. The van der Waals surface area contributed by atoms with Crippen molar-refractivity contribution in [3.8, 4) is 0 Å². The van der Waals surface area contributed by atoms with Crippen molar-refractivity contribution in [1.82, 2.24) is 14.9 Å². The van der Waals surface area contributed by atoms with Crippen LogP contribution in [0.15, 0.2) is 48.5 Å². The van der Waals surface area contributed by atoms with Gasteiger partial charge in [-0.1, -0.05) is 43.3 Å². The molecule has 7 heteroatoms. The fraction of sp³-hybridized carbons (Fsp3) is 0.333. The van der Waals surface area contributed by atoms with E-state index in [-0.39, 0.29) is 24.2 Å². The summed E-state index contributed by atoms with van der Waals surface area (Å²) in [4.78, 5) is 17.1. The molecule has 1 atom stereocenters. The molecule has 0 radical (unpaired) electrons. The number of fused-ring (bicyclic) bond motifs is 1. The molecule has 0 saturated heterocycles. The molecule has 3 aromatic rings. The summed E-state index contributed by atoms with van der Waals surface area (Å²) >= 11 is 0. The van der Waals surface area contributed by atoms with Crippen molar-refractivity contribution in [2.24, 2.45) is 0 Å². The highest BCUT2D eigenvalue weighted by molar-refractivity contribution is 7.89. The van der Waals surface area contributed by atoms with E-state index < -0.39 is 9.84 Å². The molecular formula is C21H25N3O3S. The average molecular weight is 400 g/mol. The summed E-state index contributed by atoms with van der Waals surface area (Å²) in [6.07, 6.45) is 2.14. The largest absolute Gasteiger partial charge is 0.348 e. The molecule has 1 heterocycles. The lowest BCUT2D eigenvalue weighted by Crippen LogP contribution is -2.30. The number of hydrogen-bond donors (Lipinski definition) is 1. The number of nitrogens with zero attached hydrogens (tertiary/aromatic N) is 2. The van der Waals surface area contributed by atoms with Crippen molar-refractivity contribution in [2.75, 3.05) is 6.26 Å². The van der Waals surface area contributed by atoms with Gasteiger partial charge in [-0.25, -0.2) is 13.4 Å². The normalized spacial score (nSPS) is 12.8. The number of carbonyl (C=O) groups excluding carboxylic acids is 1. The first-order chi connectivity index (χ1) is 13.3. The molecule has 2 aromatic carbocycles. The Morgan fingerprint density at radius 1 is 1.14 bits per heavy atom. The van der Waals surface area contributed by atoms with E-state index in [4.69, 9.17) is 0 Å². The van der Waals surface area contributed by atoms with Gasteiger partial charge in [-0.05, 0) is 36.6 Å². The Labute approximate surface area is 165 Å². The summed E-state index contributed by atoms with van der Waals surface area (Å²) in [5.74, 6) is -0.0213. The molecule has 148 valence electrons. The van der Waals surface area contributed by atoms with Crippen LogP contribution in [0.25, 0.3) is 11.0 Å². The van der Waals surface area contributed by atoms with Crippen molar-refractivity contribution in [3.05, 3.63) is 65.5 Å². The first kappa shape index (κ1) is 20.1. The summed E-state index contributed by atoms with van der Waals surface area (Å²) in [7, 11) is -3.27. The number of imidazole rings is 1. The van der Waals surface area contributed by atoms with Gasteiger partial charge in [0, 0.05) is 6.26 Å². The molecule has 1 aromatic heterocycles. The van der Waals surface area contributed by atoms with Gasteiger partial charge in [-0.3, -0.25) is 4.79 Å². The zero-order valence-corrected chi connectivity index (χ0v) is 17.2. The lowest BCUT2D eigenvalue weighted by Gasteiger charge is -2.16. The van der Waals surface area contributed by atoms with E-state index in [0.717, 1.165) is 17.5 Å². The second-order valence-corrected chi connectivity index (χ2v) is 9.20. The lowest BCUT2D eigenvalue weighted by atomic mass is 10.1. The van der Waals surface area contributed by atoms with Gasteiger partial charge in [0.05, 0.1) is 17.1 Å². The summed E-state index contributed by atoms with van der Waals surface area (Å²) in [5.41, 5.74) is 3.70. The Bertz CT molecular complexity index is 1090. The molecule has 1 amide bonds. The van der Waals surface area contributed by atoms with Crippen LogP contribution in [-0.4, -0.2) is 30.1 Å². The molecule has 1 N–H and O–H groups in total. The van der Waals surface area contributed by atoms with E-state index in [1.54, 1.807) is 4.57 Å². The molecule has 0 fully saturated rings. The summed E-state index contributed by atoms with van der Waals surface area (Å²) < 4.78 is 25.2. The van der Waals surface area contributed by atoms with Crippen molar-refractivity contribution < 1.29 is 13.2 Å². The number of nitrogens with one attached hydrogen (secondary N) is 1. The van der Waals surface area contributed by atoms with Gasteiger partial charge in [0.1, 0.15) is 18.1 Å². The molecule has 6 nitrogen and oxygen atoms in total. The third-order valence-electron chi connectivity index (χ3n) is 4.69. The molecule has 0 saturated carbocycles. The maximum atomic E-state index is 12.7. The average Bonchev–Trinajstić information content (AvgIpc) is 2.97. The molecular weight excluding hydrogens is 374 g/mol. The van der Waals surface area contributed by atoms with Gasteiger partial charge < -0.3 is 9.88 Å². The standard InChI is InChI=1S/C21H25N3O3S/c1-4-16-9-11-17(12-10-16)15(2)22-21(25)13-24-19-8-6-5-7-18(19)23-20(24)14-28(3,26)27/h5-12,15H,4,13-14H2,1-3H3,(H,22,25). The third-order valence-corrected chi connectivity index (χ3v) is 5.47. The van der Waals surface area contributed by atoms with Gasteiger partial charge >= 0.3 is 0 Å². The molecule has 0 aliphatic carbocycles. The van der Waals surface area contributed by atoms with Crippen molar-refractivity contribution in [2.45, 2.75) is 38.6 Å². The molecule has 3 rings (SSSR count). The number of rotatable bonds is 7. The quantitative estimate of drug-likeness (QED) is 0.662. The number of sulfone groups is 1. The summed E-state index contributed by atoms with van der Waals surface area (Å²) in [6, 6.07) is 15.4. The van der Waals surface area contributed by atoms with Crippen molar-refractivity contribution in [3.63, 3.8) is 0 Å². The van der Waals surface area contributed by atoms with Crippen LogP contribution in [0.3, 0.4) is 0 Å². The second-order valence-electron chi connectivity index (χ2n) is 7.06. The Morgan fingerprint density at radius 2 is 1.82 bits per heavy atom. The van der Waals surface area contributed by atoms with Crippen LogP contribution in [0.1, 0.15) is 36.8 Å². The second kappa shape index (κ2) is 8.14. The van der Waals surface area contributed by atoms with E-state index in [9.17, 15) is 13.2 Å². The van der Waals surface area contributed by atoms with E-state index in [1.807, 2.05) is 43.3 Å². The van der Waals surface area contributed by atoms with Crippen molar-refractivity contribution >= 4 is 26.8 Å². The topological polar surface area (TPSA) is 81.1 Å². The Morgan fingerprint density at radius 3 is 2.46 bits per heavy atom. The fourth-order valence-electron chi connectivity index (χ4n) is 3.20.